The quantitative estimate of drug-likeness (QED) is 0.903. The number of fused-ring (bicyclic) bond motifs is 1. The lowest BCUT2D eigenvalue weighted by Crippen LogP contribution is -2.40. The highest BCUT2D eigenvalue weighted by Crippen LogP contribution is 2.16. The molecule has 0 radical (unpaired) electrons. The third-order valence-corrected chi connectivity index (χ3v) is 4.41. The maximum Gasteiger partial charge on any atom is 0.267 e. The van der Waals surface area contributed by atoms with Crippen molar-refractivity contribution in [1.82, 2.24) is 15.1 Å². The number of hydrogen-bond donors (Lipinski definition) is 1. The minimum atomic E-state index is -0.324. The van der Waals surface area contributed by atoms with Crippen molar-refractivity contribution in [1.29, 1.82) is 0 Å². The number of halogens is 1. The van der Waals surface area contributed by atoms with Gasteiger partial charge in [0.25, 0.3) is 5.56 Å². The van der Waals surface area contributed by atoms with Gasteiger partial charge in [0.15, 0.2) is 0 Å². The van der Waals surface area contributed by atoms with Gasteiger partial charge in [0.2, 0.25) is 5.91 Å². The van der Waals surface area contributed by atoms with Crippen LogP contribution in [0.4, 0.5) is 4.39 Å². The van der Waals surface area contributed by atoms with E-state index in [9.17, 15) is 14.0 Å². The van der Waals surface area contributed by atoms with Crippen molar-refractivity contribution in [2.45, 2.75) is 51.6 Å². The Morgan fingerprint density at radius 3 is 2.76 bits per heavy atom. The molecule has 5 nitrogen and oxygen atoms in total. The summed E-state index contributed by atoms with van der Waals surface area (Å²) in [5.41, 5.74) is 2.67. The average Bonchev–Trinajstić information content (AvgIpc) is 2.57. The van der Waals surface area contributed by atoms with Crippen molar-refractivity contribution in [3.8, 4) is 0 Å². The van der Waals surface area contributed by atoms with E-state index >= 15 is 0 Å². The summed E-state index contributed by atoms with van der Waals surface area (Å²) in [5, 5.41) is 7.33. The monoisotopic (exact) mass is 343 g/mol. The molecule has 1 heterocycles. The molecule has 3 rings (SSSR count). The first kappa shape index (κ1) is 17.3. The van der Waals surface area contributed by atoms with Gasteiger partial charge in [-0.15, -0.1) is 0 Å². The zero-order valence-corrected chi connectivity index (χ0v) is 14.3. The van der Waals surface area contributed by atoms with Crippen molar-refractivity contribution in [2.75, 3.05) is 0 Å². The molecule has 1 aliphatic rings. The largest absolute Gasteiger partial charge is 0.351 e. The number of nitrogens with one attached hydrogen (secondary N) is 1. The van der Waals surface area contributed by atoms with E-state index in [4.69, 9.17) is 0 Å². The molecule has 25 heavy (non-hydrogen) atoms. The molecule has 1 atom stereocenters. The van der Waals surface area contributed by atoms with Crippen LogP contribution >= 0.6 is 0 Å². The maximum atomic E-state index is 12.9. The van der Waals surface area contributed by atoms with Crippen LogP contribution in [0.5, 0.6) is 0 Å². The van der Waals surface area contributed by atoms with Gasteiger partial charge < -0.3 is 5.32 Å². The molecular weight excluding hydrogens is 321 g/mol. The number of nitrogens with zero attached hydrogens (tertiary/aromatic N) is 2. The van der Waals surface area contributed by atoms with Crippen molar-refractivity contribution < 1.29 is 9.18 Å². The highest BCUT2D eigenvalue weighted by molar-refractivity contribution is 5.78. The van der Waals surface area contributed by atoms with Gasteiger partial charge in [0.05, 0.1) is 18.7 Å². The Kier molecular flexibility index (Phi) is 5.26. The summed E-state index contributed by atoms with van der Waals surface area (Å²) in [7, 11) is 0. The number of aromatic nitrogens is 2. The van der Waals surface area contributed by atoms with Gasteiger partial charge >= 0.3 is 0 Å². The van der Waals surface area contributed by atoms with E-state index in [-0.39, 0.29) is 29.7 Å². The van der Waals surface area contributed by atoms with Gasteiger partial charge in [-0.1, -0.05) is 12.1 Å². The molecule has 1 aromatic heterocycles. The molecular formula is C19H22FN3O2. The number of carbonyl (C=O) groups is 1. The molecule has 0 saturated heterocycles. The Morgan fingerprint density at radius 1 is 1.28 bits per heavy atom. The molecule has 1 aliphatic carbocycles. The van der Waals surface area contributed by atoms with Gasteiger partial charge in [-0.3, -0.25) is 9.59 Å². The van der Waals surface area contributed by atoms with Crippen molar-refractivity contribution >= 4 is 5.91 Å². The first-order valence-corrected chi connectivity index (χ1v) is 8.65. The van der Waals surface area contributed by atoms with Crippen LogP contribution in [0, 0.1) is 5.82 Å². The number of hydrogen-bond acceptors (Lipinski definition) is 3. The van der Waals surface area contributed by atoms with Crippen LogP contribution in [0.1, 0.15) is 36.6 Å². The average molecular weight is 343 g/mol. The first-order chi connectivity index (χ1) is 12.0. The van der Waals surface area contributed by atoms with Crippen molar-refractivity contribution in [3.05, 3.63) is 63.3 Å². The zero-order valence-electron chi connectivity index (χ0n) is 14.3. The van der Waals surface area contributed by atoms with Crippen LogP contribution in [0.15, 0.2) is 35.1 Å². The van der Waals surface area contributed by atoms with Crippen molar-refractivity contribution in [3.63, 3.8) is 0 Å². The Balaban J connectivity index is 1.60. The number of amides is 1. The second-order valence-corrected chi connectivity index (χ2v) is 6.62. The molecule has 0 aliphatic heterocycles. The Hall–Kier alpha value is -2.50. The summed E-state index contributed by atoms with van der Waals surface area (Å²) < 4.78 is 14.3. The lowest BCUT2D eigenvalue weighted by Gasteiger charge is -2.18. The Morgan fingerprint density at radius 2 is 2.00 bits per heavy atom. The normalized spacial score (nSPS) is 14.6. The van der Waals surface area contributed by atoms with Crippen LogP contribution in [0.25, 0.3) is 0 Å². The molecule has 6 heteroatoms. The molecule has 1 N–H and O–H groups in total. The van der Waals surface area contributed by atoms with Gasteiger partial charge in [-0.05, 0) is 55.9 Å². The summed E-state index contributed by atoms with van der Waals surface area (Å²) >= 11 is 0. The van der Waals surface area contributed by atoms with E-state index < -0.39 is 0 Å². The van der Waals surface area contributed by atoms with Crippen LogP contribution in [0.2, 0.25) is 0 Å². The molecule has 132 valence electrons. The summed E-state index contributed by atoms with van der Waals surface area (Å²) in [6, 6.07) is 7.31. The number of aryl methyl sites for hydroxylation is 2. The molecule has 0 spiro atoms. The smallest absolute Gasteiger partial charge is 0.267 e. The van der Waals surface area contributed by atoms with Crippen LogP contribution < -0.4 is 10.9 Å². The molecule has 0 unspecified atom stereocenters. The lowest BCUT2D eigenvalue weighted by atomic mass is 9.97. The second kappa shape index (κ2) is 7.59. The summed E-state index contributed by atoms with van der Waals surface area (Å²) in [4.78, 5) is 24.3. The van der Waals surface area contributed by atoms with E-state index in [1.165, 1.54) is 16.8 Å². The SMILES string of the molecule is C[C@@H](Cn1nc2c(cc1=O)CCCC2)NC(=O)Cc1ccc(F)cc1. The van der Waals surface area contributed by atoms with Crippen LogP contribution in [0.3, 0.4) is 0 Å². The highest BCUT2D eigenvalue weighted by atomic mass is 19.1. The number of carbonyl (C=O) groups excluding carboxylic acids is 1. The van der Waals surface area contributed by atoms with E-state index in [1.807, 2.05) is 6.92 Å². The lowest BCUT2D eigenvalue weighted by molar-refractivity contribution is -0.121. The molecule has 0 saturated carbocycles. The van der Waals surface area contributed by atoms with E-state index in [0.717, 1.165) is 42.5 Å². The fourth-order valence-electron chi connectivity index (χ4n) is 3.15. The zero-order chi connectivity index (χ0) is 17.8. The maximum absolute atomic E-state index is 12.9. The molecule has 0 bridgehead atoms. The van der Waals surface area contributed by atoms with Gasteiger partial charge in [-0.2, -0.15) is 5.10 Å². The third-order valence-electron chi connectivity index (χ3n) is 4.41. The minimum Gasteiger partial charge on any atom is -0.351 e. The molecule has 0 fully saturated rings. The summed E-state index contributed by atoms with van der Waals surface area (Å²) in [6.07, 6.45) is 4.20. The Bertz CT molecular complexity index is 814. The summed E-state index contributed by atoms with van der Waals surface area (Å²) in [6.45, 7) is 2.18. The summed E-state index contributed by atoms with van der Waals surface area (Å²) in [5.74, 6) is -0.486. The van der Waals surface area contributed by atoms with Crippen LogP contribution in [-0.2, 0) is 30.6 Å². The minimum absolute atomic E-state index is 0.125. The van der Waals surface area contributed by atoms with Gasteiger partial charge in [-0.25, -0.2) is 9.07 Å². The van der Waals surface area contributed by atoms with E-state index in [0.29, 0.717) is 6.54 Å². The van der Waals surface area contributed by atoms with E-state index in [2.05, 4.69) is 10.4 Å². The number of rotatable bonds is 5. The standard InChI is InChI=1S/C19H22FN3O2/c1-13(21-18(24)10-14-6-8-16(20)9-7-14)12-23-19(25)11-15-4-2-3-5-17(15)22-23/h6-9,11,13H,2-5,10,12H2,1H3,(H,21,24)/t13-/m0/s1. The molecule has 2 aromatic rings. The molecule has 1 amide bonds. The Labute approximate surface area is 145 Å². The van der Waals surface area contributed by atoms with Gasteiger partial charge in [0.1, 0.15) is 5.82 Å². The molecule has 1 aromatic carbocycles. The van der Waals surface area contributed by atoms with E-state index in [1.54, 1.807) is 18.2 Å². The fourth-order valence-corrected chi connectivity index (χ4v) is 3.15. The predicted molar refractivity (Wildman–Crippen MR) is 92.8 cm³/mol. The van der Waals surface area contributed by atoms with Crippen LogP contribution in [-0.4, -0.2) is 21.7 Å². The van der Waals surface area contributed by atoms with Crippen molar-refractivity contribution in [2.24, 2.45) is 0 Å². The predicted octanol–water partition coefficient (Wildman–Crippen LogP) is 2.01. The van der Waals surface area contributed by atoms with Gasteiger partial charge in [0, 0.05) is 12.1 Å². The highest BCUT2D eigenvalue weighted by Gasteiger charge is 2.15. The first-order valence-electron chi connectivity index (χ1n) is 8.65. The third kappa shape index (κ3) is 4.53. The second-order valence-electron chi connectivity index (χ2n) is 6.62. The topological polar surface area (TPSA) is 64.0 Å². The fraction of sp³-hybridized carbons (Fsp3) is 0.421. The number of benzene rings is 1.